The Labute approximate surface area is 205 Å². The number of nitrogens with one attached hydrogen (secondary N) is 1. The van der Waals surface area contributed by atoms with E-state index >= 15 is 0 Å². The van der Waals surface area contributed by atoms with E-state index in [1.807, 2.05) is 24.3 Å². The molecule has 0 aromatic heterocycles. The molecule has 4 rings (SSSR count). The molecule has 0 saturated heterocycles. The highest BCUT2D eigenvalue weighted by molar-refractivity contribution is 9.10. The molecule has 0 spiro atoms. The van der Waals surface area contributed by atoms with Crippen LogP contribution in [0.3, 0.4) is 0 Å². The number of fused-ring (bicyclic) bond motifs is 3. The molecule has 0 aliphatic heterocycles. The summed E-state index contributed by atoms with van der Waals surface area (Å²) in [6, 6.07) is 21.0. The minimum absolute atomic E-state index is 0.0390. The number of nitrogens with zero attached hydrogens (tertiary/aromatic N) is 1. The highest BCUT2D eigenvalue weighted by atomic mass is 79.9. The molecule has 8 heteroatoms. The van der Waals surface area contributed by atoms with Crippen LogP contribution in [0.2, 0.25) is 0 Å². The highest BCUT2D eigenvalue weighted by Crippen LogP contribution is 2.44. The van der Waals surface area contributed by atoms with Crippen molar-refractivity contribution in [3.8, 4) is 11.1 Å². The summed E-state index contributed by atoms with van der Waals surface area (Å²) in [5.74, 6) is -1.32. The second kappa shape index (κ2) is 10.1. The van der Waals surface area contributed by atoms with Gasteiger partial charge in [0, 0.05) is 29.5 Å². The summed E-state index contributed by atoms with van der Waals surface area (Å²) in [7, 11) is 1.54. The summed E-state index contributed by atoms with van der Waals surface area (Å²) >= 11 is 3.38. The minimum atomic E-state index is -0.969. The van der Waals surface area contributed by atoms with Crippen molar-refractivity contribution in [2.75, 3.05) is 25.5 Å². The van der Waals surface area contributed by atoms with Crippen molar-refractivity contribution in [2.45, 2.75) is 12.3 Å². The monoisotopic (exact) mass is 522 g/mol. The van der Waals surface area contributed by atoms with E-state index in [9.17, 15) is 14.4 Å². The van der Waals surface area contributed by atoms with Gasteiger partial charge in [-0.15, -0.1) is 0 Å². The topological polar surface area (TPSA) is 95.9 Å². The lowest BCUT2D eigenvalue weighted by atomic mass is 9.98. The Kier molecular flexibility index (Phi) is 6.98. The van der Waals surface area contributed by atoms with Crippen LogP contribution in [0.1, 0.15) is 33.8 Å². The Balaban J connectivity index is 1.39. The molecule has 1 aliphatic carbocycles. The van der Waals surface area contributed by atoms with Crippen molar-refractivity contribution in [3.05, 3.63) is 87.9 Å². The van der Waals surface area contributed by atoms with Gasteiger partial charge in [-0.1, -0.05) is 48.5 Å². The van der Waals surface area contributed by atoms with Crippen molar-refractivity contribution in [3.63, 3.8) is 0 Å². The highest BCUT2D eigenvalue weighted by Gasteiger charge is 2.29. The molecule has 0 atom stereocenters. The smallest absolute Gasteiger partial charge is 0.411 e. The van der Waals surface area contributed by atoms with Gasteiger partial charge in [0.25, 0.3) is 5.91 Å². The number of hydrogen-bond acceptors (Lipinski definition) is 4. The first kappa shape index (κ1) is 23.5. The molecule has 0 bridgehead atoms. The molecular weight excluding hydrogens is 500 g/mol. The fraction of sp³-hybridized carbons (Fsp3) is 0.192. The zero-order valence-corrected chi connectivity index (χ0v) is 20.0. The standard InChI is InChI=1S/C26H23BrN2O5/c1-29(13-12-24(30)31)25(32)16-10-11-23(22(27)14-16)28-26(33)34-15-21-19-8-4-2-6-17(19)18-7-3-5-9-20(18)21/h2-11,14,21H,12-13,15H2,1H3,(H,28,33)(H,30,31). The SMILES string of the molecule is CN(CCC(=O)O)C(=O)c1ccc(NC(=O)OCC2c3ccccc3-c3ccccc32)c(Br)c1. The van der Waals surface area contributed by atoms with Crippen LogP contribution in [0.15, 0.2) is 71.2 Å². The maximum absolute atomic E-state index is 12.5. The summed E-state index contributed by atoms with van der Waals surface area (Å²) in [5.41, 5.74) is 5.41. The van der Waals surface area contributed by atoms with Crippen LogP contribution in [-0.2, 0) is 9.53 Å². The molecule has 2 amide bonds. The zero-order chi connectivity index (χ0) is 24.2. The average molecular weight is 523 g/mol. The maximum atomic E-state index is 12.5. The molecule has 7 nitrogen and oxygen atoms in total. The molecule has 0 saturated carbocycles. The number of carboxylic acid groups (broad SMARTS) is 1. The van der Waals surface area contributed by atoms with Crippen molar-refractivity contribution >= 4 is 39.6 Å². The number of benzene rings is 3. The van der Waals surface area contributed by atoms with Crippen molar-refractivity contribution in [2.24, 2.45) is 0 Å². The largest absolute Gasteiger partial charge is 0.481 e. The third-order valence-corrected chi connectivity index (χ3v) is 6.46. The van der Waals surface area contributed by atoms with Gasteiger partial charge in [0.05, 0.1) is 12.1 Å². The van der Waals surface area contributed by atoms with Gasteiger partial charge in [-0.2, -0.15) is 0 Å². The first-order valence-electron chi connectivity index (χ1n) is 10.7. The number of ether oxygens (including phenoxy) is 1. The van der Waals surface area contributed by atoms with Gasteiger partial charge in [0.15, 0.2) is 0 Å². The number of amides is 2. The van der Waals surface area contributed by atoms with E-state index in [0.29, 0.717) is 15.7 Å². The zero-order valence-electron chi connectivity index (χ0n) is 18.5. The van der Waals surface area contributed by atoms with Gasteiger partial charge >= 0.3 is 12.1 Å². The second-order valence-corrected chi connectivity index (χ2v) is 8.87. The number of anilines is 1. The normalized spacial score (nSPS) is 11.9. The van der Waals surface area contributed by atoms with E-state index in [1.165, 1.54) is 4.90 Å². The van der Waals surface area contributed by atoms with Crippen LogP contribution >= 0.6 is 15.9 Å². The van der Waals surface area contributed by atoms with Crippen molar-refractivity contribution < 1.29 is 24.2 Å². The first-order chi connectivity index (χ1) is 16.3. The number of carbonyl (C=O) groups excluding carboxylic acids is 2. The molecule has 174 valence electrons. The fourth-order valence-corrected chi connectivity index (χ4v) is 4.56. The van der Waals surface area contributed by atoms with Gasteiger partial charge < -0.3 is 14.7 Å². The third-order valence-electron chi connectivity index (χ3n) is 5.80. The molecule has 1 aliphatic rings. The molecule has 0 fully saturated rings. The lowest BCUT2D eigenvalue weighted by Crippen LogP contribution is -2.29. The second-order valence-electron chi connectivity index (χ2n) is 8.02. The first-order valence-corrected chi connectivity index (χ1v) is 11.5. The van der Waals surface area contributed by atoms with Crippen LogP contribution in [0.5, 0.6) is 0 Å². The van der Waals surface area contributed by atoms with Crippen LogP contribution < -0.4 is 5.32 Å². The quantitative estimate of drug-likeness (QED) is 0.435. The summed E-state index contributed by atoms with van der Waals surface area (Å²) in [6.07, 6.45) is -0.731. The molecule has 2 N–H and O–H groups in total. The lowest BCUT2D eigenvalue weighted by molar-refractivity contribution is -0.137. The Morgan fingerprint density at radius 1 is 1.00 bits per heavy atom. The number of aliphatic carboxylic acids is 1. The molecular formula is C26H23BrN2O5. The minimum Gasteiger partial charge on any atom is -0.481 e. The Bertz CT molecular complexity index is 1210. The predicted octanol–water partition coefficient (Wildman–Crippen LogP) is 5.36. The molecule has 3 aromatic carbocycles. The van der Waals surface area contributed by atoms with Gasteiger partial charge in [-0.3, -0.25) is 14.9 Å². The van der Waals surface area contributed by atoms with Crippen molar-refractivity contribution in [1.29, 1.82) is 0 Å². The average Bonchev–Trinajstić information content (AvgIpc) is 3.15. The Morgan fingerprint density at radius 3 is 2.21 bits per heavy atom. The Morgan fingerprint density at radius 2 is 1.62 bits per heavy atom. The summed E-state index contributed by atoms with van der Waals surface area (Å²) in [4.78, 5) is 37.1. The van der Waals surface area contributed by atoms with Gasteiger partial charge in [-0.25, -0.2) is 4.79 Å². The molecule has 0 heterocycles. The van der Waals surface area contributed by atoms with E-state index in [2.05, 4.69) is 45.5 Å². The summed E-state index contributed by atoms with van der Waals surface area (Å²) < 4.78 is 6.08. The van der Waals surface area contributed by atoms with E-state index in [1.54, 1.807) is 25.2 Å². The lowest BCUT2D eigenvalue weighted by Gasteiger charge is -2.17. The summed E-state index contributed by atoms with van der Waals surface area (Å²) in [6.45, 7) is 0.300. The van der Waals surface area contributed by atoms with E-state index < -0.39 is 12.1 Å². The number of hydrogen-bond donors (Lipinski definition) is 2. The molecule has 0 radical (unpaired) electrons. The summed E-state index contributed by atoms with van der Waals surface area (Å²) in [5, 5.41) is 11.5. The van der Waals surface area contributed by atoms with Crippen LogP contribution in [0, 0.1) is 0 Å². The van der Waals surface area contributed by atoms with Crippen LogP contribution in [-0.4, -0.2) is 48.2 Å². The van der Waals surface area contributed by atoms with Crippen molar-refractivity contribution in [1.82, 2.24) is 4.90 Å². The van der Waals surface area contributed by atoms with Gasteiger partial charge in [0.2, 0.25) is 0 Å². The van der Waals surface area contributed by atoms with E-state index in [4.69, 9.17) is 9.84 Å². The molecule has 0 unspecified atom stereocenters. The number of carboxylic acids is 1. The number of carbonyl (C=O) groups is 3. The predicted molar refractivity (Wildman–Crippen MR) is 132 cm³/mol. The molecule has 3 aromatic rings. The maximum Gasteiger partial charge on any atom is 0.411 e. The number of halogens is 1. The van der Waals surface area contributed by atoms with Crippen LogP contribution in [0.4, 0.5) is 10.5 Å². The van der Waals surface area contributed by atoms with Gasteiger partial charge in [-0.05, 0) is 56.4 Å². The van der Waals surface area contributed by atoms with Gasteiger partial charge in [0.1, 0.15) is 6.61 Å². The van der Waals surface area contributed by atoms with Crippen LogP contribution in [0.25, 0.3) is 11.1 Å². The van der Waals surface area contributed by atoms with E-state index in [-0.39, 0.29) is 31.4 Å². The van der Waals surface area contributed by atoms with E-state index in [0.717, 1.165) is 22.3 Å². The third kappa shape index (κ3) is 4.97. The Hall–Kier alpha value is -3.65. The fourth-order valence-electron chi connectivity index (χ4n) is 4.08. The molecule has 34 heavy (non-hydrogen) atoms. The number of rotatable bonds is 7.